The molecule has 1 aromatic carbocycles. The van der Waals surface area contributed by atoms with E-state index >= 15 is 0 Å². The third-order valence-corrected chi connectivity index (χ3v) is 5.13. The molecule has 0 atom stereocenters. The molecule has 1 aromatic heterocycles. The van der Waals surface area contributed by atoms with E-state index in [1.165, 1.54) is 0 Å². The van der Waals surface area contributed by atoms with Crippen molar-refractivity contribution >= 4 is 12.0 Å². The number of primary amides is 1. The Labute approximate surface area is 172 Å². The van der Waals surface area contributed by atoms with Gasteiger partial charge < -0.3 is 21.3 Å². The van der Waals surface area contributed by atoms with E-state index in [0.29, 0.717) is 19.6 Å². The second kappa shape index (κ2) is 9.45. The quantitative estimate of drug-likeness (QED) is 0.531. The highest BCUT2D eigenvalue weighted by Crippen LogP contribution is 2.18. The zero-order valence-corrected chi connectivity index (χ0v) is 17.5. The van der Waals surface area contributed by atoms with Crippen LogP contribution in [0.3, 0.4) is 0 Å². The largest absolute Gasteiger partial charge is 0.357 e. The molecular formula is C21H31N7O. The summed E-state index contributed by atoms with van der Waals surface area (Å²) >= 11 is 0. The van der Waals surface area contributed by atoms with E-state index in [2.05, 4.69) is 47.8 Å². The van der Waals surface area contributed by atoms with Gasteiger partial charge >= 0.3 is 6.03 Å². The molecule has 2 amide bonds. The maximum absolute atomic E-state index is 11.3. The van der Waals surface area contributed by atoms with Gasteiger partial charge in [-0.05, 0) is 51.3 Å². The van der Waals surface area contributed by atoms with Gasteiger partial charge in [-0.2, -0.15) is 5.10 Å². The summed E-state index contributed by atoms with van der Waals surface area (Å²) in [5.41, 5.74) is 9.63. The summed E-state index contributed by atoms with van der Waals surface area (Å²) in [7, 11) is 0. The van der Waals surface area contributed by atoms with Crippen LogP contribution in [-0.4, -0.2) is 52.3 Å². The zero-order valence-electron chi connectivity index (χ0n) is 17.5. The van der Waals surface area contributed by atoms with Crippen LogP contribution in [0.1, 0.15) is 36.7 Å². The molecule has 0 saturated carbocycles. The number of hydrogen-bond acceptors (Lipinski definition) is 3. The van der Waals surface area contributed by atoms with Crippen molar-refractivity contribution < 1.29 is 4.79 Å². The molecule has 8 heteroatoms. The molecule has 4 N–H and O–H groups in total. The first-order valence-electron chi connectivity index (χ1n) is 10.2. The monoisotopic (exact) mass is 397 g/mol. The van der Waals surface area contributed by atoms with Crippen LogP contribution in [0.25, 0.3) is 5.69 Å². The number of para-hydroxylation sites is 1. The van der Waals surface area contributed by atoms with Crippen LogP contribution in [0.5, 0.6) is 0 Å². The van der Waals surface area contributed by atoms with Crippen molar-refractivity contribution in [3.63, 3.8) is 0 Å². The lowest BCUT2D eigenvalue weighted by molar-refractivity contribution is 0.188. The minimum absolute atomic E-state index is 0.273. The second-order valence-corrected chi connectivity index (χ2v) is 7.41. The van der Waals surface area contributed by atoms with E-state index in [-0.39, 0.29) is 12.1 Å². The molecule has 2 aromatic rings. The number of likely N-dealkylation sites (tertiary alicyclic amines) is 1. The topological polar surface area (TPSA) is 101 Å². The smallest absolute Gasteiger partial charge is 0.314 e. The number of piperidine rings is 1. The number of benzene rings is 1. The second-order valence-electron chi connectivity index (χ2n) is 7.41. The van der Waals surface area contributed by atoms with Crippen molar-refractivity contribution in [2.75, 3.05) is 19.6 Å². The molecule has 8 nitrogen and oxygen atoms in total. The number of nitrogens with one attached hydrogen (secondary N) is 2. The van der Waals surface area contributed by atoms with Crippen molar-refractivity contribution in [1.82, 2.24) is 25.3 Å². The predicted molar refractivity (Wildman–Crippen MR) is 115 cm³/mol. The van der Waals surface area contributed by atoms with Gasteiger partial charge in [0.05, 0.1) is 17.9 Å². The maximum Gasteiger partial charge on any atom is 0.314 e. The molecule has 0 unspecified atom stereocenters. The van der Waals surface area contributed by atoms with Gasteiger partial charge in [0.1, 0.15) is 0 Å². The molecule has 0 radical (unpaired) electrons. The molecule has 156 valence electrons. The van der Waals surface area contributed by atoms with Gasteiger partial charge in [-0.3, -0.25) is 0 Å². The number of urea groups is 1. The Bertz CT molecular complexity index is 866. The van der Waals surface area contributed by atoms with Crippen LogP contribution in [-0.2, 0) is 6.54 Å². The lowest BCUT2D eigenvalue weighted by atomic mass is 10.1. The first-order chi connectivity index (χ1) is 14.0. The Hall–Kier alpha value is -3.03. The van der Waals surface area contributed by atoms with Crippen LogP contribution in [0.4, 0.5) is 4.79 Å². The first kappa shape index (κ1) is 20.7. The normalized spacial score (nSPS) is 15.4. The average molecular weight is 398 g/mol. The fourth-order valence-electron chi connectivity index (χ4n) is 3.65. The van der Waals surface area contributed by atoms with Crippen LogP contribution in [0.15, 0.2) is 35.3 Å². The Balaban J connectivity index is 1.71. The fourth-order valence-corrected chi connectivity index (χ4v) is 3.65. The first-order valence-corrected chi connectivity index (χ1v) is 10.2. The standard InChI is InChI=1S/C21H31N7O/c1-4-23-21(25-18-9-11-27(12-10-18)20(22)29)24-14-17-7-5-6-8-19(17)28-16(3)13-15(2)26-28/h5-8,13,18H,4,9-12,14H2,1-3H3,(H2,22,29)(H2,23,24,25). The summed E-state index contributed by atoms with van der Waals surface area (Å²) in [6.45, 7) is 8.79. The molecule has 0 spiro atoms. The molecule has 3 rings (SSSR count). The number of carbonyl (C=O) groups excluding carboxylic acids is 1. The van der Waals surface area contributed by atoms with Crippen LogP contribution < -0.4 is 16.4 Å². The van der Waals surface area contributed by atoms with Crippen LogP contribution in [0, 0.1) is 13.8 Å². The Morgan fingerprint density at radius 2 is 2.00 bits per heavy atom. The molecule has 0 bridgehead atoms. The van der Waals surface area contributed by atoms with Gasteiger partial charge in [-0.25, -0.2) is 14.5 Å². The Morgan fingerprint density at radius 3 is 2.62 bits per heavy atom. The summed E-state index contributed by atoms with van der Waals surface area (Å²) in [6.07, 6.45) is 1.71. The number of aliphatic imine (C=N–C) groups is 1. The van der Waals surface area contributed by atoms with Crippen molar-refractivity contribution in [2.45, 2.75) is 46.2 Å². The molecule has 29 heavy (non-hydrogen) atoms. The summed E-state index contributed by atoms with van der Waals surface area (Å²) in [4.78, 5) is 17.8. The van der Waals surface area contributed by atoms with Gasteiger partial charge in [0.25, 0.3) is 0 Å². The highest BCUT2D eigenvalue weighted by molar-refractivity contribution is 5.80. The van der Waals surface area contributed by atoms with Gasteiger partial charge in [0.15, 0.2) is 5.96 Å². The molecule has 1 aliphatic rings. The molecule has 1 saturated heterocycles. The summed E-state index contributed by atoms with van der Waals surface area (Å²) < 4.78 is 1.97. The van der Waals surface area contributed by atoms with Gasteiger partial charge in [0, 0.05) is 31.4 Å². The van der Waals surface area contributed by atoms with Crippen molar-refractivity contribution in [3.05, 3.63) is 47.3 Å². The number of hydrogen-bond donors (Lipinski definition) is 3. The van der Waals surface area contributed by atoms with Gasteiger partial charge in [0.2, 0.25) is 0 Å². The molecule has 1 fully saturated rings. The minimum Gasteiger partial charge on any atom is -0.357 e. The van der Waals surface area contributed by atoms with Crippen molar-refractivity contribution in [1.29, 1.82) is 0 Å². The van der Waals surface area contributed by atoms with Crippen molar-refractivity contribution in [3.8, 4) is 5.69 Å². The van der Waals surface area contributed by atoms with Crippen molar-refractivity contribution in [2.24, 2.45) is 10.7 Å². The highest BCUT2D eigenvalue weighted by atomic mass is 16.2. The minimum atomic E-state index is -0.343. The third-order valence-electron chi connectivity index (χ3n) is 5.13. The average Bonchev–Trinajstić information content (AvgIpc) is 3.05. The van der Waals surface area contributed by atoms with Gasteiger partial charge in [-0.15, -0.1) is 0 Å². The van der Waals surface area contributed by atoms with E-state index in [9.17, 15) is 4.79 Å². The molecule has 0 aliphatic carbocycles. The number of aryl methyl sites for hydroxylation is 2. The van der Waals surface area contributed by atoms with E-state index in [4.69, 9.17) is 10.7 Å². The lowest BCUT2D eigenvalue weighted by Crippen LogP contribution is -2.50. The number of rotatable bonds is 5. The number of aromatic nitrogens is 2. The predicted octanol–water partition coefficient (Wildman–Crippen LogP) is 2.09. The number of carbonyl (C=O) groups is 1. The fraction of sp³-hybridized carbons (Fsp3) is 0.476. The maximum atomic E-state index is 11.3. The SMILES string of the molecule is CCNC(=NCc1ccccc1-n1nc(C)cc1C)NC1CCN(C(N)=O)CC1. The number of amides is 2. The van der Waals surface area contributed by atoms with E-state index in [0.717, 1.165) is 48.0 Å². The third kappa shape index (κ3) is 5.28. The highest BCUT2D eigenvalue weighted by Gasteiger charge is 2.21. The number of nitrogens with two attached hydrogens (primary N) is 1. The van der Waals surface area contributed by atoms with Crippen LogP contribution >= 0.6 is 0 Å². The van der Waals surface area contributed by atoms with Gasteiger partial charge in [-0.1, -0.05) is 18.2 Å². The summed E-state index contributed by atoms with van der Waals surface area (Å²) in [6, 6.07) is 10.2. The Kier molecular flexibility index (Phi) is 6.74. The Morgan fingerprint density at radius 1 is 1.28 bits per heavy atom. The molecular weight excluding hydrogens is 366 g/mol. The van der Waals surface area contributed by atoms with Crippen LogP contribution in [0.2, 0.25) is 0 Å². The summed E-state index contributed by atoms with van der Waals surface area (Å²) in [5.74, 6) is 0.785. The number of guanidine groups is 1. The molecule has 2 heterocycles. The van der Waals surface area contributed by atoms with E-state index in [1.54, 1.807) is 4.90 Å². The van der Waals surface area contributed by atoms with E-state index < -0.39 is 0 Å². The van der Waals surface area contributed by atoms with E-state index in [1.807, 2.05) is 23.7 Å². The lowest BCUT2D eigenvalue weighted by Gasteiger charge is -2.32. The summed E-state index contributed by atoms with van der Waals surface area (Å²) in [5, 5.41) is 11.4. The number of nitrogens with zero attached hydrogens (tertiary/aromatic N) is 4. The molecule has 1 aliphatic heterocycles. The zero-order chi connectivity index (χ0) is 20.8.